The van der Waals surface area contributed by atoms with E-state index in [2.05, 4.69) is 17.0 Å². The van der Waals surface area contributed by atoms with Crippen LogP contribution in [0.1, 0.15) is 28.4 Å². The third-order valence-electron chi connectivity index (χ3n) is 5.19. The molecular formula is C22H26ClN3O2. The van der Waals surface area contributed by atoms with E-state index in [0.717, 1.165) is 5.56 Å². The van der Waals surface area contributed by atoms with Crippen molar-refractivity contribution < 1.29 is 9.59 Å². The Balaban J connectivity index is 1.57. The zero-order chi connectivity index (χ0) is 20.1. The van der Waals surface area contributed by atoms with Crippen LogP contribution in [0.2, 0.25) is 5.02 Å². The number of rotatable bonds is 5. The normalized spacial score (nSPS) is 15.6. The van der Waals surface area contributed by atoms with Crippen LogP contribution in [0.3, 0.4) is 0 Å². The zero-order valence-electron chi connectivity index (χ0n) is 16.3. The van der Waals surface area contributed by atoms with Gasteiger partial charge in [-0.3, -0.25) is 9.59 Å². The van der Waals surface area contributed by atoms with Crippen LogP contribution in [0, 0.1) is 0 Å². The first-order chi connectivity index (χ1) is 13.5. The largest absolute Gasteiger partial charge is 0.339 e. The lowest BCUT2D eigenvalue weighted by atomic mass is 10.0. The molecule has 2 aromatic carbocycles. The lowest BCUT2D eigenvalue weighted by Crippen LogP contribution is -2.51. The van der Waals surface area contributed by atoms with Gasteiger partial charge in [-0.05, 0) is 43.9 Å². The molecule has 6 heteroatoms. The third-order valence-corrected chi connectivity index (χ3v) is 5.44. The molecule has 28 heavy (non-hydrogen) atoms. The van der Waals surface area contributed by atoms with Crippen LogP contribution < -0.4 is 0 Å². The van der Waals surface area contributed by atoms with Crippen LogP contribution in [0.15, 0.2) is 54.6 Å². The summed E-state index contributed by atoms with van der Waals surface area (Å²) in [6.07, 6.45) is 0.433. The summed E-state index contributed by atoms with van der Waals surface area (Å²) >= 11 is 5.89. The Bertz CT molecular complexity index is 800. The van der Waals surface area contributed by atoms with Crippen LogP contribution >= 0.6 is 11.6 Å². The molecule has 1 atom stereocenters. The summed E-state index contributed by atoms with van der Waals surface area (Å²) in [5.74, 6) is 0.111. The molecule has 148 valence electrons. The van der Waals surface area contributed by atoms with Crippen molar-refractivity contribution in [2.24, 2.45) is 0 Å². The Morgan fingerprint density at radius 2 is 1.50 bits per heavy atom. The topological polar surface area (TPSA) is 43.9 Å². The smallest absolute Gasteiger partial charge is 0.253 e. The fraction of sp³-hybridized carbons (Fsp3) is 0.364. The maximum atomic E-state index is 12.9. The molecule has 0 saturated carbocycles. The Morgan fingerprint density at radius 1 is 0.929 bits per heavy atom. The molecular weight excluding hydrogens is 374 g/mol. The summed E-state index contributed by atoms with van der Waals surface area (Å²) in [5.41, 5.74) is 1.76. The Labute approximate surface area is 171 Å². The average molecular weight is 400 g/mol. The summed E-state index contributed by atoms with van der Waals surface area (Å²) in [7, 11) is 3.99. The van der Waals surface area contributed by atoms with Crippen molar-refractivity contribution in [3.05, 3.63) is 70.7 Å². The molecule has 0 bridgehead atoms. The number of benzene rings is 2. The number of piperazine rings is 1. The van der Waals surface area contributed by atoms with Crippen LogP contribution in [-0.4, -0.2) is 66.8 Å². The van der Waals surface area contributed by atoms with Gasteiger partial charge in [-0.1, -0.05) is 41.9 Å². The summed E-state index contributed by atoms with van der Waals surface area (Å²) in [4.78, 5) is 31.2. The zero-order valence-corrected chi connectivity index (χ0v) is 17.1. The van der Waals surface area contributed by atoms with E-state index in [4.69, 9.17) is 11.6 Å². The number of carbonyl (C=O) groups excluding carboxylic acids is 2. The lowest BCUT2D eigenvalue weighted by Gasteiger charge is -2.36. The molecule has 2 amide bonds. The minimum atomic E-state index is -0.0146. The molecule has 0 aromatic heterocycles. The molecule has 1 unspecified atom stereocenters. The van der Waals surface area contributed by atoms with Gasteiger partial charge in [0.2, 0.25) is 5.91 Å². The van der Waals surface area contributed by atoms with Gasteiger partial charge in [0, 0.05) is 49.2 Å². The summed E-state index contributed by atoms with van der Waals surface area (Å²) < 4.78 is 0. The molecule has 3 rings (SSSR count). The predicted molar refractivity (Wildman–Crippen MR) is 111 cm³/mol. The van der Waals surface area contributed by atoms with E-state index in [9.17, 15) is 9.59 Å². The fourth-order valence-corrected chi connectivity index (χ4v) is 3.63. The van der Waals surface area contributed by atoms with E-state index in [1.807, 2.05) is 37.2 Å². The first-order valence-electron chi connectivity index (χ1n) is 9.49. The molecule has 0 spiro atoms. The summed E-state index contributed by atoms with van der Waals surface area (Å²) in [5, 5.41) is 0.612. The van der Waals surface area contributed by atoms with Gasteiger partial charge in [-0.15, -0.1) is 0 Å². The van der Waals surface area contributed by atoms with Gasteiger partial charge in [-0.25, -0.2) is 0 Å². The SMILES string of the molecule is CN(C)C(CC(=O)N1CCN(C(=O)c2ccc(Cl)cc2)CC1)c1ccccc1. The standard InChI is InChI=1S/C22H26ClN3O2/c1-24(2)20(17-6-4-3-5-7-17)16-21(27)25-12-14-26(15-13-25)22(28)18-8-10-19(23)11-9-18/h3-11,20H,12-16H2,1-2H3. The van der Waals surface area contributed by atoms with E-state index >= 15 is 0 Å². The third kappa shape index (κ3) is 4.91. The van der Waals surface area contributed by atoms with E-state index in [1.165, 1.54) is 0 Å². The van der Waals surface area contributed by atoms with Crippen molar-refractivity contribution in [1.29, 1.82) is 0 Å². The minimum absolute atomic E-state index is 0.0146. The highest BCUT2D eigenvalue weighted by molar-refractivity contribution is 6.30. The van der Waals surface area contributed by atoms with Crippen LogP contribution in [0.5, 0.6) is 0 Å². The fourth-order valence-electron chi connectivity index (χ4n) is 3.50. The highest BCUT2D eigenvalue weighted by Crippen LogP contribution is 2.23. The second-order valence-electron chi connectivity index (χ2n) is 7.27. The minimum Gasteiger partial charge on any atom is -0.339 e. The van der Waals surface area contributed by atoms with E-state index in [0.29, 0.717) is 43.2 Å². The van der Waals surface area contributed by atoms with Crippen molar-refractivity contribution in [1.82, 2.24) is 14.7 Å². The van der Waals surface area contributed by atoms with Crippen LogP contribution in [0.25, 0.3) is 0 Å². The van der Waals surface area contributed by atoms with Gasteiger partial charge in [0.15, 0.2) is 0 Å². The molecule has 1 aliphatic heterocycles. The Morgan fingerprint density at radius 3 is 2.07 bits per heavy atom. The molecule has 5 nitrogen and oxygen atoms in total. The quantitative estimate of drug-likeness (QED) is 0.774. The van der Waals surface area contributed by atoms with Crippen molar-refractivity contribution in [2.45, 2.75) is 12.5 Å². The van der Waals surface area contributed by atoms with Gasteiger partial charge in [0.25, 0.3) is 5.91 Å². The Hall–Kier alpha value is -2.37. The lowest BCUT2D eigenvalue weighted by molar-refractivity contribution is -0.133. The molecule has 1 heterocycles. The number of amides is 2. The van der Waals surface area contributed by atoms with Crippen LogP contribution in [0.4, 0.5) is 0 Å². The second-order valence-corrected chi connectivity index (χ2v) is 7.71. The van der Waals surface area contributed by atoms with Crippen molar-refractivity contribution in [2.75, 3.05) is 40.3 Å². The van der Waals surface area contributed by atoms with Crippen molar-refractivity contribution in [3.63, 3.8) is 0 Å². The molecule has 1 saturated heterocycles. The number of hydrogen-bond donors (Lipinski definition) is 0. The number of hydrogen-bond acceptors (Lipinski definition) is 3. The maximum Gasteiger partial charge on any atom is 0.253 e. The van der Waals surface area contributed by atoms with E-state index in [-0.39, 0.29) is 17.9 Å². The molecule has 0 aliphatic carbocycles. The first kappa shape index (κ1) is 20.4. The second kappa shape index (κ2) is 9.22. The molecule has 2 aromatic rings. The first-order valence-corrected chi connectivity index (χ1v) is 9.87. The van der Waals surface area contributed by atoms with Crippen LogP contribution in [-0.2, 0) is 4.79 Å². The van der Waals surface area contributed by atoms with Gasteiger partial charge < -0.3 is 14.7 Å². The molecule has 1 aliphatic rings. The van der Waals surface area contributed by atoms with E-state index in [1.54, 1.807) is 29.2 Å². The maximum absolute atomic E-state index is 12.9. The molecule has 0 N–H and O–H groups in total. The molecule has 0 radical (unpaired) electrons. The summed E-state index contributed by atoms with van der Waals surface area (Å²) in [6, 6.07) is 17.1. The van der Waals surface area contributed by atoms with Crippen molar-refractivity contribution >= 4 is 23.4 Å². The van der Waals surface area contributed by atoms with Gasteiger partial charge >= 0.3 is 0 Å². The number of nitrogens with zero attached hydrogens (tertiary/aromatic N) is 3. The summed E-state index contributed by atoms with van der Waals surface area (Å²) in [6.45, 7) is 2.22. The van der Waals surface area contributed by atoms with Gasteiger partial charge in [0.1, 0.15) is 0 Å². The van der Waals surface area contributed by atoms with Crippen molar-refractivity contribution in [3.8, 4) is 0 Å². The monoisotopic (exact) mass is 399 g/mol. The van der Waals surface area contributed by atoms with Gasteiger partial charge in [-0.2, -0.15) is 0 Å². The predicted octanol–water partition coefficient (Wildman–Crippen LogP) is 3.32. The molecule has 1 fully saturated rings. The highest BCUT2D eigenvalue weighted by Gasteiger charge is 2.27. The van der Waals surface area contributed by atoms with Gasteiger partial charge in [0.05, 0.1) is 0 Å². The number of carbonyl (C=O) groups is 2. The average Bonchev–Trinajstić information content (AvgIpc) is 2.72. The number of halogens is 1. The highest BCUT2D eigenvalue weighted by atomic mass is 35.5. The Kier molecular flexibility index (Phi) is 6.70. The van der Waals surface area contributed by atoms with E-state index < -0.39 is 0 Å².